The molecule has 1 aliphatic rings. The van der Waals surface area contributed by atoms with Gasteiger partial charge in [-0.25, -0.2) is 19.2 Å². The number of carbonyl (C=O) groups is 2. The van der Waals surface area contributed by atoms with Crippen molar-refractivity contribution in [1.29, 1.82) is 0 Å². The molecule has 0 unspecified atom stereocenters. The summed E-state index contributed by atoms with van der Waals surface area (Å²) in [6.07, 6.45) is -2.34. The van der Waals surface area contributed by atoms with Crippen molar-refractivity contribution in [1.82, 2.24) is 24.2 Å². The van der Waals surface area contributed by atoms with E-state index >= 15 is 0 Å². The lowest BCUT2D eigenvalue weighted by atomic mass is 9.99. The molecule has 0 spiro atoms. The molecule has 0 radical (unpaired) electrons. The van der Waals surface area contributed by atoms with Gasteiger partial charge in [-0.2, -0.15) is 17.5 Å². The second-order valence-corrected chi connectivity index (χ2v) is 7.63. The zero-order valence-electron chi connectivity index (χ0n) is 15.8. The van der Waals surface area contributed by atoms with Crippen LogP contribution in [-0.2, 0) is 4.79 Å². The minimum Gasteiger partial charge on any atom is -0.477 e. The summed E-state index contributed by atoms with van der Waals surface area (Å²) in [5, 5.41) is 11.0. The van der Waals surface area contributed by atoms with Crippen LogP contribution in [0.2, 0.25) is 0 Å². The molecule has 0 aliphatic carbocycles. The van der Waals surface area contributed by atoms with Gasteiger partial charge >= 0.3 is 12.1 Å². The molecule has 168 valence electrons. The van der Waals surface area contributed by atoms with Gasteiger partial charge in [-0.3, -0.25) is 14.2 Å². The molecule has 4 rings (SSSR count). The summed E-state index contributed by atoms with van der Waals surface area (Å²) in [5.74, 6) is -4.33. The predicted octanol–water partition coefficient (Wildman–Crippen LogP) is 1.19. The Morgan fingerprint density at radius 1 is 1.31 bits per heavy atom. The van der Waals surface area contributed by atoms with E-state index in [9.17, 15) is 37.1 Å². The van der Waals surface area contributed by atoms with Crippen LogP contribution in [0.1, 0.15) is 10.4 Å². The molecule has 10 nitrogen and oxygen atoms in total. The Morgan fingerprint density at radius 3 is 2.62 bits per heavy atom. The van der Waals surface area contributed by atoms with Crippen LogP contribution in [0.3, 0.4) is 0 Å². The minimum atomic E-state index is -4.55. The number of aromatic carboxylic acids is 1. The van der Waals surface area contributed by atoms with Gasteiger partial charge in [0, 0.05) is 30.8 Å². The third-order valence-corrected chi connectivity index (χ3v) is 5.38. The van der Waals surface area contributed by atoms with Crippen molar-refractivity contribution in [2.75, 3.05) is 24.5 Å². The van der Waals surface area contributed by atoms with Crippen LogP contribution in [0, 0.1) is 11.7 Å². The van der Waals surface area contributed by atoms with Gasteiger partial charge < -0.3 is 15.3 Å². The first-order valence-electron chi connectivity index (χ1n) is 8.91. The number of aromatic nitrogens is 4. The number of carboxylic acids is 1. The number of nitrogens with zero attached hydrogens (tertiary/aromatic N) is 5. The van der Waals surface area contributed by atoms with E-state index in [0.29, 0.717) is 0 Å². The zero-order chi connectivity index (χ0) is 23.2. The maximum atomic E-state index is 14.7. The minimum absolute atomic E-state index is 0.0851. The van der Waals surface area contributed by atoms with Crippen molar-refractivity contribution >= 4 is 40.3 Å². The van der Waals surface area contributed by atoms with Gasteiger partial charge in [0.05, 0.1) is 11.3 Å². The number of hydrogen-bond acceptors (Lipinski definition) is 8. The van der Waals surface area contributed by atoms with E-state index in [-0.39, 0.29) is 35.1 Å². The molecule has 3 aromatic heterocycles. The van der Waals surface area contributed by atoms with Crippen LogP contribution in [0.25, 0.3) is 16.2 Å². The summed E-state index contributed by atoms with van der Waals surface area (Å²) >= 11 is 0.882. The first-order chi connectivity index (χ1) is 15.0. The fourth-order valence-electron chi connectivity index (χ4n) is 3.16. The number of hydrogen-bond donors (Lipinski definition) is 2. The van der Waals surface area contributed by atoms with Crippen molar-refractivity contribution < 1.29 is 32.3 Å². The number of anilines is 1. The van der Waals surface area contributed by atoms with E-state index in [1.807, 2.05) is 0 Å². The van der Waals surface area contributed by atoms with Crippen molar-refractivity contribution in [3.8, 4) is 5.13 Å². The SMILES string of the molecule is O=C(O)c1cn(-c2ncns2)c2nc(N3CC(C(=O)NCC(F)(F)F)C3)c(F)cc2c1=O. The molecule has 4 heterocycles. The maximum absolute atomic E-state index is 14.7. The quantitative estimate of drug-likeness (QED) is 0.530. The monoisotopic (exact) mass is 472 g/mol. The van der Waals surface area contributed by atoms with E-state index in [2.05, 4.69) is 14.3 Å². The zero-order valence-corrected chi connectivity index (χ0v) is 16.6. The first-order valence-corrected chi connectivity index (χ1v) is 9.68. The largest absolute Gasteiger partial charge is 0.477 e. The number of rotatable bonds is 5. The van der Waals surface area contributed by atoms with Gasteiger partial charge in [-0.1, -0.05) is 0 Å². The molecular weight excluding hydrogens is 460 g/mol. The average Bonchev–Trinajstić information content (AvgIpc) is 3.20. The fraction of sp³-hybridized carbons (Fsp3) is 0.294. The highest BCUT2D eigenvalue weighted by Gasteiger charge is 2.37. The van der Waals surface area contributed by atoms with Gasteiger partial charge in [-0.15, -0.1) is 0 Å². The van der Waals surface area contributed by atoms with E-state index in [4.69, 9.17) is 0 Å². The highest BCUT2D eigenvalue weighted by Crippen LogP contribution is 2.29. The van der Waals surface area contributed by atoms with Crippen LogP contribution in [0.4, 0.5) is 23.4 Å². The molecule has 0 aromatic carbocycles. The van der Waals surface area contributed by atoms with Crippen LogP contribution < -0.4 is 15.6 Å². The molecule has 15 heteroatoms. The number of pyridine rings is 2. The lowest BCUT2D eigenvalue weighted by molar-refractivity contribution is -0.141. The van der Waals surface area contributed by atoms with Gasteiger partial charge in [-0.05, 0) is 6.07 Å². The van der Waals surface area contributed by atoms with Crippen LogP contribution in [0.15, 0.2) is 23.4 Å². The Morgan fingerprint density at radius 2 is 2.03 bits per heavy atom. The standard InChI is InChI=1S/C17H12F4N6O4S/c18-10-1-8-11(28)9(15(30)31)4-27(16-23-6-24-32-16)12(8)25-13(10)26-2-7(3-26)14(29)22-5-17(19,20)21/h1,4,6-7H,2-3,5H2,(H,22,29)(H,30,31). The van der Waals surface area contributed by atoms with Crippen molar-refractivity contribution in [3.63, 3.8) is 0 Å². The van der Waals surface area contributed by atoms with Crippen molar-refractivity contribution in [2.45, 2.75) is 6.18 Å². The predicted molar refractivity (Wildman–Crippen MR) is 102 cm³/mol. The summed E-state index contributed by atoms with van der Waals surface area (Å²) in [6.45, 7) is -1.64. The van der Waals surface area contributed by atoms with Crippen LogP contribution in [0.5, 0.6) is 0 Å². The number of carboxylic acid groups (broad SMARTS) is 1. The molecule has 1 aliphatic heterocycles. The van der Waals surface area contributed by atoms with Crippen molar-refractivity contribution in [2.24, 2.45) is 5.92 Å². The molecule has 0 bridgehead atoms. The second-order valence-electron chi connectivity index (χ2n) is 6.87. The highest BCUT2D eigenvalue weighted by molar-refractivity contribution is 7.08. The Kier molecular flexibility index (Phi) is 5.28. The second kappa shape index (κ2) is 7.81. The summed E-state index contributed by atoms with van der Waals surface area (Å²) in [7, 11) is 0. The Balaban J connectivity index is 1.68. The molecule has 1 saturated heterocycles. The summed E-state index contributed by atoms with van der Waals surface area (Å²) in [4.78, 5) is 45.2. The van der Waals surface area contributed by atoms with Gasteiger partial charge in [0.25, 0.3) is 0 Å². The van der Waals surface area contributed by atoms with E-state index < -0.39 is 47.3 Å². The number of carbonyl (C=O) groups excluding carboxylic acids is 1. The van der Waals surface area contributed by atoms with E-state index in [1.165, 1.54) is 15.8 Å². The third kappa shape index (κ3) is 3.98. The average molecular weight is 472 g/mol. The lowest BCUT2D eigenvalue weighted by Gasteiger charge is -2.39. The van der Waals surface area contributed by atoms with Crippen LogP contribution >= 0.6 is 11.5 Å². The summed E-state index contributed by atoms with van der Waals surface area (Å²) in [5.41, 5.74) is -1.65. The number of fused-ring (bicyclic) bond motifs is 1. The molecule has 0 atom stereocenters. The molecule has 3 aromatic rings. The third-order valence-electron chi connectivity index (χ3n) is 4.71. The summed E-state index contributed by atoms with van der Waals surface area (Å²) in [6, 6.07) is 0.834. The number of nitrogens with one attached hydrogen (secondary N) is 1. The molecule has 0 saturated carbocycles. The smallest absolute Gasteiger partial charge is 0.405 e. The first kappa shape index (κ1) is 21.6. The Hall–Kier alpha value is -3.62. The molecule has 2 N–H and O–H groups in total. The molecule has 1 amide bonds. The van der Waals surface area contributed by atoms with Crippen molar-refractivity contribution in [3.05, 3.63) is 40.2 Å². The lowest BCUT2D eigenvalue weighted by Crippen LogP contribution is -2.55. The number of halogens is 4. The Bertz CT molecular complexity index is 1270. The van der Waals surface area contributed by atoms with Gasteiger partial charge in [0.15, 0.2) is 17.3 Å². The number of amides is 1. The summed E-state index contributed by atoms with van der Waals surface area (Å²) < 4.78 is 56.5. The highest BCUT2D eigenvalue weighted by atomic mass is 32.1. The van der Waals surface area contributed by atoms with Gasteiger partial charge in [0.1, 0.15) is 18.4 Å². The fourth-order valence-corrected chi connectivity index (χ4v) is 3.67. The van der Waals surface area contributed by atoms with Crippen LogP contribution in [-0.4, -0.2) is 61.7 Å². The maximum Gasteiger partial charge on any atom is 0.405 e. The Labute approximate surface area is 179 Å². The topological polar surface area (TPSA) is 130 Å². The number of alkyl halides is 3. The van der Waals surface area contributed by atoms with E-state index in [0.717, 1.165) is 23.8 Å². The molecule has 1 fully saturated rings. The van der Waals surface area contributed by atoms with Gasteiger partial charge in [0.2, 0.25) is 16.5 Å². The molecule has 32 heavy (non-hydrogen) atoms. The normalized spacial score (nSPS) is 14.4. The molecular formula is C17H12F4N6O4S. The van der Waals surface area contributed by atoms with E-state index in [1.54, 1.807) is 5.32 Å².